The van der Waals surface area contributed by atoms with Crippen LogP contribution in [0.3, 0.4) is 0 Å². The Morgan fingerprint density at radius 2 is 1.65 bits per heavy atom. The van der Waals surface area contributed by atoms with E-state index in [1.807, 2.05) is 6.07 Å². The summed E-state index contributed by atoms with van der Waals surface area (Å²) in [6.07, 6.45) is 4.89. The molecule has 6 heteroatoms. The van der Waals surface area contributed by atoms with Gasteiger partial charge in [0.1, 0.15) is 29.5 Å². The Balaban J connectivity index is 1.71. The molecule has 1 aliphatic rings. The average Bonchev–Trinajstić information content (AvgIpc) is 2.84. The molecule has 0 amide bonds. The van der Waals surface area contributed by atoms with Gasteiger partial charge in [-0.3, -0.25) is 4.79 Å². The van der Waals surface area contributed by atoms with Crippen LogP contribution in [0.1, 0.15) is 83.5 Å². The third-order valence-corrected chi connectivity index (χ3v) is 7.15. The molecule has 1 aliphatic carbocycles. The summed E-state index contributed by atoms with van der Waals surface area (Å²) >= 11 is 0. The molecule has 0 fully saturated rings. The van der Waals surface area contributed by atoms with Crippen molar-refractivity contribution in [2.24, 2.45) is 0 Å². The van der Waals surface area contributed by atoms with Gasteiger partial charge in [0.15, 0.2) is 5.78 Å². The van der Waals surface area contributed by atoms with Gasteiger partial charge in [-0.1, -0.05) is 52.0 Å². The van der Waals surface area contributed by atoms with Gasteiger partial charge < -0.3 is 14.9 Å². The van der Waals surface area contributed by atoms with Gasteiger partial charge in [0.25, 0.3) is 0 Å². The molecule has 0 saturated heterocycles. The number of aromatic hydroxyl groups is 1. The first kappa shape index (κ1) is 26.1. The Morgan fingerprint density at radius 3 is 2.30 bits per heavy atom. The van der Waals surface area contributed by atoms with Gasteiger partial charge in [-0.05, 0) is 82.8 Å². The number of carboxylic acid groups (broad SMARTS) is 1. The van der Waals surface area contributed by atoms with Crippen molar-refractivity contribution < 1.29 is 28.9 Å². The number of carbonyl (C=O) groups is 2. The second kappa shape index (κ2) is 9.85. The molecule has 2 N–H and O–H groups in total. The van der Waals surface area contributed by atoms with E-state index < -0.39 is 5.97 Å². The minimum absolute atomic E-state index is 0.149. The molecular weight excluding hydrogens is 471 g/mol. The van der Waals surface area contributed by atoms with Gasteiger partial charge in [-0.15, -0.1) is 0 Å². The van der Waals surface area contributed by atoms with E-state index in [0.29, 0.717) is 16.9 Å². The second-order valence-electron chi connectivity index (χ2n) is 10.9. The number of benzene rings is 3. The molecule has 0 radical (unpaired) electrons. The monoisotopic (exact) mass is 502 g/mol. The van der Waals surface area contributed by atoms with Crippen LogP contribution in [0, 0.1) is 5.82 Å². The molecule has 3 aromatic rings. The van der Waals surface area contributed by atoms with Crippen LogP contribution < -0.4 is 4.74 Å². The molecule has 0 bridgehead atoms. The van der Waals surface area contributed by atoms with Crippen molar-refractivity contribution in [2.45, 2.75) is 58.0 Å². The summed E-state index contributed by atoms with van der Waals surface area (Å²) in [6, 6.07) is 14.0. The van der Waals surface area contributed by atoms with Crippen molar-refractivity contribution in [3.63, 3.8) is 0 Å². The summed E-state index contributed by atoms with van der Waals surface area (Å²) in [6.45, 7) is 8.94. The van der Waals surface area contributed by atoms with Crippen LogP contribution in [-0.4, -0.2) is 22.0 Å². The fourth-order valence-electron chi connectivity index (χ4n) is 4.83. The highest BCUT2D eigenvalue weighted by Gasteiger charge is 2.40. The highest BCUT2D eigenvalue weighted by atomic mass is 19.1. The molecule has 37 heavy (non-hydrogen) atoms. The van der Waals surface area contributed by atoms with Crippen LogP contribution in [0.2, 0.25) is 0 Å². The third kappa shape index (κ3) is 5.58. The lowest BCUT2D eigenvalue weighted by molar-refractivity contribution is 0.0693. The molecule has 5 nitrogen and oxygen atoms in total. The Morgan fingerprint density at radius 1 is 0.973 bits per heavy atom. The van der Waals surface area contributed by atoms with Crippen molar-refractivity contribution in [1.82, 2.24) is 0 Å². The van der Waals surface area contributed by atoms with Crippen LogP contribution >= 0.6 is 0 Å². The average molecular weight is 503 g/mol. The topological polar surface area (TPSA) is 83.8 Å². The summed E-state index contributed by atoms with van der Waals surface area (Å²) in [5, 5.41) is 19.0. The summed E-state index contributed by atoms with van der Waals surface area (Å²) in [7, 11) is 0. The van der Waals surface area contributed by atoms with Crippen LogP contribution in [0.15, 0.2) is 60.7 Å². The predicted molar refractivity (Wildman–Crippen MR) is 141 cm³/mol. The fraction of sp³-hybridized carbons (Fsp3) is 0.290. The Bertz CT molecular complexity index is 1380. The first-order valence-electron chi connectivity index (χ1n) is 12.2. The van der Waals surface area contributed by atoms with Crippen molar-refractivity contribution in [1.29, 1.82) is 0 Å². The normalized spacial score (nSPS) is 15.8. The summed E-state index contributed by atoms with van der Waals surface area (Å²) in [5.41, 5.74) is 3.45. The summed E-state index contributed by atoms with van der Waals surface area (Å²) < 4.78 is 19.6. The highest BCUT2D eigenvalue weighted by molar-refractivity contribution is 6.07. The molecule has 4 rings (SSSR count). The third-order valence-electron chi connectivity index (χ3n) is 7.15. The second-order valence-corrected chi connectivity index (χ2v) is 10.9. The lowest BCUT2D eigenvalue weighted by Gasteiger charge is -2.42. The summed E-state index contributed by atoms with van der Waals surface area (Å²) in [5.74, 6) is -1.50. The maximum atomic E-state index is 13.4. The number of ether oxygens (including phenoxy) is 1. The first-order valence-corrected chi connectivity index (χ1v) is 12.2. The predicted octanol–water partition coefficient (Wildman–Crippen LogP) is 7.05. The van der Waals surface area contributed by atoms with Crippen molar-refractivity contribution in [3.8, 4) is 11.5 Å². The summed E-state index contributed by atoms with van der Waals surface area (Å²) in [4.78, 5) is 24.4. The molecule has 3 aromatic carbocycles. The van der Waals surface area contributed by atoms with E-state index in [0.717, 1.165) is 29.5 Å². The highest BCUT2D eigenvalue weighted by Crippen LogP contribution is 2.50. The lowest BCUT2D eigenvalue weighted by atomic mass is 9.62. The van der Waals surface area contributed by atoms with Crippen LogP contribution in [0.25, 0.3) is 6.08 Å². The van der Waals surface area contributed by atoms with E-state index in [9.17, 15) is 19.1 Å². The molecule has 0 atom stereocenters. The maximum Gasteiger partial charge on any atom is 0.339 e. The Labute approximate surface area is 216 Å². The largest absolute Gasteiger partial charge is 0.507 e. The SMILES string of the molecule is CC1(C)CCC(C)(C)c2c(OCc3ccc(F)cc3)cc(C(=O)C=Cc3ccc(C(=O)O)c(O)c3)cc21. The van der Waals surface area contributed by atoms with E-state index in [-0.39, 0.29) is 40.4 Å². The van der Waals surface area contributed by atoms with Gasteiger partial charge in [-0.2, -0.15) is 0 Å². The van der Waals surface area contributed by atoms with E-state index in [1.54, 1.807) is 24.3 Å². The molecule has 0 aliphatic heterocycles. The molecule has 0 spiro atoms. The number of fused-ring (bicyclic) bond motifs is 1. The number of carboxylic acids is 1. The smallest absolute Gasteiger partial charge is 0.339 e. The van der Waals surface area contributed by atoms with Gasteiger partial charge in [0.2, 0.25) is 0 Å². The minimum Gasteiger partial charge on any atom is -0.507 e. The Hall–Kier alpha value is -3.93. The zero-order valence-electron chi connectivity index (χ0n) is 21.5. The standard InChI is InChI=1S/C31H31FO5/c1-30(2)13-14-31(3,4)28-24(30)16-21(17-27(28)37-18-20-5-9-22(32)10-6-20)25(33)12-8-19-7-11-23(29(35)36)26(34)15-19/h5-12,15-17,34H,13-14,18H2,1-4H3,(H,35,36). The molecular formula is C31H31FO5. The number of carbonyl (C=O) groups excluding carboxylic acids is 1. The van der Waals surface area contributed by atoms with E-state index in [2.05, 4.69) is 27.7 Å². The quantitative estimate of drug-likeness (QED) is 0.267. The Kier molecular flexibility index (Phi) is 6.96. The molecule has 0 aromatic heterocycles. The van der Waals surface area contributed by atoms with E-state index >= 15 is 0 Å². The van der Waals surface area contributed by atoms with Gasteiger partial charge in [0, 0.05) is 11.1 Å². The molecule has 192 valence electrons. The number of hydrogen-bond donors (Lipinski definition) is 2. The van der Waals surface area contributed by atoms with Gasteiger partial charge >= 0.3 is 5.97 Å². The number of aromatic carboxylic acids is 1. The van der Waals surface area contributed by atoms with Crippen molar-refractivity contribution in [2.75, 3.05) is 0 Å². The number of hydrogen-bond acceptors (Lipinski definition) is 4. The number of ketones is 1. The minimum atomic E-state index is -1.23. The van der Waals surface area contributed by atoms with E-state index in [1.165, 1.54) is 36.4 Å². The maximum absolute atomic E-state index is 13.4. The number of rotatable bonds is 7. The molecule has 0 saturated carbocycles. The van der Waals surface area contributed by atoms with E-state index in [4.69, 9.17) is 9.84 Å². The number of halogens is 1. The van der Waals surface area contributed by atoms with Crippen LogP contribution in [-0.2, 0) is 17.4 Å². The lowest BCUT2D eigenvalue weighted by Crippen LogP contribution is -2.34. The van der Waals surface area contributed by atoms with Crippen molar-refractivity contribution in [3.05, 3.63) is 99.9 Å². The number of phenols is 1. The first-order chi connectivity index (χ1) is 17.4. The fourth-order valence-corrected chi connectivity index (χ4v) is 4.83. The van der Waals surface area contributed by atoms with Gasteiger partial charge in [-0.25, -0.2) is 9.18 Å². The van der Waals surface area contributed by atoms with Crippen molar-refractivity contribution >= 4 is 17.8 Å². The number of allylic oxidation sites excluding steroid dienone is 1. The zero-order valence-corrected chi connectivity index (χ0v) is 21.5. The van der Waals surface area contributed by atoms with Crippen LogP contribution in [0.5, 0.6) is 11.5 Å². The van der Waals surface area contributed by atoms with Gasteiger partial charge in [0.05, 0.1) is 0 Å². The van der Waals surface area contributed by atoms with Crippen LogP contribution in [0.4, 0.5) is 4.39 Å². The molecule has 0 heterocycles. The molecule has 0 unspecified atom stereocenters. The zero-order chi connectivity index (χ0) is 27.0.